The number of hydrogen-bond acceptors (Lipinski definition) is 4. The Hall–Kier alpha value is -1.14. The molecule has 0 radical (unpaired) electrons. The van der Waals surface area contributed by atoms with Crippen LogP contribution in [0.25, 0.3) is 0 Å². The second-order valence-corrected chi connectivity index (χ2v) is 7.93. The van der Waals surface area contributed by atoms with Crippen LogP contribution in [0.4, 0.5) is 4.79 Å². The quantitative estimate of drug-likeness (QED) is 0.863. The first-order valence-electron chi connectivity index (χ1n) is 8.14. The van der Waals surface area contributed by atoms with Crippen molar-refractivity contribution in [2.24, 2.45) is 0 Å². The van der Waals surface area contributed by atoms with Gasteiger partial charge in [0.25, 0.3) is 0 Å². The topological polar surface area (TPSA) is 54.5 Å². The highest BCUT2D eigenvalue weighted by atomic mass is 79.9. The van der Waals surface area contributed by atoms with Crippen LogP contribution in [0.5, 0.6) is 0 Å². The molecule has 23 heavy (non-hydrogen) atoms. The zero-order valence-electron chi connectivity index (χ0n) is 14.1. The molecular weight excluding hydrogens is 358 g/mol. The number of pyridine rings is 1. The number of hydrogen-bond donors (Lipinski definition) is 1. The molecule has 1 fully saturated rings. The standard InChI is InChI=1S/C17H26BrN3O2/c1-17(2,3)23-16(22)21-7-5-4-6-15(12-21)20-10-13-8-14(18)11-19-9-13/h8-9,11,15,20H,4-7,10,12H2,1-3H3. The number of carbonyl (C=O) groups excluding carboxylic acids is 1. The Morgan fingerprint density at radius 2 is 2.22 bits per heavy atom. The van der Waals surface area contributed by atoms with Gasteiger partial charge in [0.05, 0.1) is 0 Å². The van der Waals surface area contributed by atoms with Crippen LogP contribution in [-0.2, 0) is 11.3 Å². The van der Waals surface area contributed by atoms with Gasteiger partial charge in [-0.15, -0.1) is 0 Å². The van der Waals surface area contributed by atoms with Crippen LogP contribution in [0.15, 0.2) is 22.9 Å². The normalized spacial score (nSPS) is 19.3. The lowest BCUT2D eigenvalue weighted by molar-refractivity contribution is 0.0243. The first-order chi connectivity index (χ1) is 10.8. The fourth-order valence-corrected chi connectivity index (χ4v) is 3.03. The molecule has 1 unspecified atom stereocenters. The molecular formula is C17H26BrN3O2. The highest BCUT2D eigenvalue weighted by Crippen LogP contribution is 2.16. The molecule has 0 saturated carbocycles. The van der Waals surface area contributed by atoms with Gasteiger partial charge in [0, 0.05) is 42.5 Å². The molecule has 0 bridgehead atoms. The van der Waals surface area contributed by atoms with Gasteiger partial charge in [-0.25, -0.2) is 4.79 Å². The van der Waals surface area contributed by atoms with Crippen LogP contribution >= 0.6 is 15.9 Å². The van der Waals surface area contributed by atoms with Gasteiger partial charge >= 0.3 is 6.09 Å². The summed E-state index contributed by atoms with van der Waals surface area (Å²) in [5.74, 6) is 0. The SMILES string of the molecule is CC(C)(C)OC(=O)N1CCCCC(NCc2cncc(Br)c2)C1. The summed E-state index contributed by atoms with van der Waals surface area (Å²) in [7, 11) is 0. The van der Waals surface area contributed by atoms with E-state index in [4.69, 9.17) is 4.74 Å². The number of amides is 1. The molecule has 1 aliphatic heterocycles. The Bertz CT molecular complexity index is 531. The Morgan fingerprint density at radius 1 is 1.43 bits per heavy atom. The molecule has 1 aromatic rings. The number of ether oxygens (including phenoxy) is 1. The number of likely N-dealkylation sites (tertiary alicyclic amines) is 1. The van der Waals surface area contributed by atoms with E-state index in [2.05, 4.69) is 32.3 Å². The van der Waals surface area contributed by atoms with Crippen LogP contribution in [0.3, 0.4) is 0 Å². The van der Waals surface area contributed by atoms with E-state index >= 15 is 0 Å². The number of rotatable bonds is 3. The summed E-state index contributed by atoms with van der Waals surface area (Å²) in [6.45, 7) is 7.91. The van der Waals surface area contributed by atoms with Crippen molar-refractivity contribution in [2.75, 3.05) is 13.1 Å². The van der Waals surface area contributed by atoms with Crippen molar-refractivity contribution >= 4 is 22.0 Å². The molecule has 0 spiro atoms. The van der Waals surface area contributed by atoms with Crippen molar-refractivity contribution in [2.45, 2.75) is 58.2 Å². The fraction of sp³-hybridized carbons (Fsp3) is 0.647. The van der Waals surface area contributed by atoms with E-state index in [-0.39, 0.29) is 12.1 Å². The van der Waals surface area contributed by atoms with Gasteiger partial charge < -0.3 is 15.0 Å². The maximum absolute atomic E-state index is 12.3. The van der Waals surface area contributed by atoms with Gasteiger partial charge in [-0.1, -0.05) is 6.42 Å². The van der Waals surface area contributed by atoms with E-state index in [0.29, 0.717) is 6.54 Å². The lowest BCUT2D eigenvalue weighted by Gasteiger charge is -2.28. The Balaban J connectivity index is 1.90. The van der Waals surface area contributed by atoms with E-state index in [0.717, 1.165) is 42.4 Å². The van der Waals surface area contributed by atoms with Crippen molar-refractivity contribution in [3.63, 3.8) is 0 Å². The average Bonchev–Trinajstić information content (AvgIpc) is 2.69. The van der Waals surface area contributed by atoms with Crippen LogP contribution in [-0.4, -0.2) is 40.7 Å². The molecule has 1 N–H and O–H groups in total. The average molecular weight is 384 g/mol. The second kappa shape index (κ2) is 8.11. The molecule has 1 saturated heterocycles. The summed E-state index contributed by atoms with van der Waals surface area (Å²) in [6, 6.07) is 2.34. The van der Waals surface area contributed by atoms with Crippen molar-refractivity contribution in [1.29, 1.82) is 0 Å². The van der Waals surface area contributed by atoms with E-state index < -0.39 is 5.60 Å². The maximum atomic E-state index is 12.3. The molecule has 1 atom stereocenters. The largest absolute Gasteiger partial charge is 0.444 e. The minimum atomic E-state index is -0.450. The summed E-state index contributed by atoms with van der Waals surface area (Å²) in [5, 5.41) is 3.54. The first kappa shape index (κ1) is 18.2. The highest BCUT2D eigenvalue weighted by Gasteiger charge is 2.26. The molecule has 2 heterocycles. The Morgan fingerprint density at radius 3 is 2.91 bits per heavy atom. The molecule has 5 nitrogen and oxygen atoms in total. The van der Waals surface area contributed by atoms with Gasteiger partial charge in [-0.2, -0.15) is 0 Å². The van der Waals surface area contributed by atoms with Gasteiger partial charge in [0.15, 0.2) is 0 Å². The summed E-state index contributed by atoms with van der Waals surface area (Å²) >= 11 is 3.44. The van der Waals surface area contributed by atoms with Crippen LogP contribution in [0.1, 0.15) is 45.6 Å². The molecule has 0 aliphatic carbocycles. The number of halogens is 1. The van der Waals surface area contributed by atoms with Gasteiger partial charge in [-0.05, 0) is 61.2 Å². The van der Waals surface area contributed by atoms with E-state index in [9.17, 15) is 4.79 Å². The van der Waals surface area contributed by atoms with Gasteiger partial charge in [-0.3, -0.25) is 4.98 Å². The third kappa shape index (κ3) is 6.47. The zero-order chi connectivity index (χ0) is 16.9. The predicted octanol–water partition coefficient (Wildman–Crippen LogP) is 3.72. The van der Waals surface area contributed by atoms with Gasteiger partial charge in [0.2, 0.25) is 0 Å². The number of nitrogens with zero attached hydrogens (tertiary/aromatic N) is 2. The highest BCUT2D eigenvalue weighted by molar-refractivity contribution is 9.10. The molecule has 0 aromatic carbocycles. The van der Waals surface area contributed by atoms with Crippen LogP contribution in [0, 0.1) is 0 Å². The molecule has 2 rings (SSSR count). The molecule has 6 heteroatoms. The van der Waals surface area contributed by atoms with Crippen molar-refractivity contribution < 1.29 is 9.53 Å². The molecule has 1 amide bonds. The minimum absolute atomic E-state index is 0.213. The maximum Gasteiger partial charge on any atom is 0.410 e. The second-order valence-electron chi connectivity index (χ2n) is 7.01. The lowest BCUT2D eigenvalue weighted by atomic mass is 10.1. The molecule has 1 aliphatic rings. The third-order valence-electron chi connectivity index (χ3n) is 3.68. The summed E-state index contributed by atoms with van der Waals surface area (Å²) in [4.78, 5) is 18.3. The number of aromatic nitrogens is 1. The van der Waals surface area contributed by atoms with Crippen molar-refractivity contribution in [3.05, 3.63) is 28.5 Å². The summed E-state index contributed by atoms with van der Waals surface area (Å²) in [5.41, 5.74) is 0.682. The minimum Gasteiger partial charge on any atom is -0.444 e. The lowest BCUT2D eigenvalue weighted by Crippen LogP contribution is -2.44. The number of carbonyl (C=O) groups is 1. The first-order valence-corrected chi connectivity index (χ1v) is 8.93. The van der Waals surface area contributed by atoms with Crippen LogP contribution in [0.2, 0.25) is 0 Å². The monoisotopic (exact) mass is 383 g/mol. The Labute approximate surface area is 146 Å². The Kier molecular flexibility index (Phi) is 6.41. The van der Waals surface area contributed by atoms with Crippen LogP contribution < -0.4 is 5.32 Å². The smallest absolute Gasteiger partial charge is 0.410 e. The summed E-state index contributed by atoms with van der Waals surface area (Å²) in [6.07, 6.45) is 6.64. The molecule has 1 aromatic heterocycles. The zero-order valence-corrected chi connectivity index (χ0v) is 15.7. The van der Waals surface area contributed by atoms with Crippen molar-refractivity contribution in [1.82, 2.24) is 15.2 Å². The van der Waals surface area contributed by atoms with E-state index in [1.54, 1.807) is 6.20 Å². The number of nitrogens with one attached hydrogen (secondary N) is 1. The van der Waals surface area contributed by atoms with E-state index in [1.807, 2.05) is 31.9 Å². The van der Waals surface area contributed by atoms with E-state index in [1.165, 1.54) is 0 Å². The van der Waals surface area contributed by atoms with Crippen molar-refractivity contribution in [3.8, 4) is 0 Å². The predicted molar refractivity (Wildman–Crippen MR) is 94.2 cm³/mol. The van der Waals surface area contributed by atoms with Gasteiger partial charge in [0.1, 0.15) is 5.60 Å². The molecule has 128 valence electrons. The third-order valence-corrected chi connectivity index (χ3v) is 4.11. The summed E-state index contributed by atoms with van der Waals surface area (Å²) < 4.78 is 6.48. The fourth-order valence-electron chi connectivity index (χ4n) is 2.62.